The van der Waals surface area contributed by atoms with Gasteiger partial charge in [-0.2, -0.15) is 0 Å². The minimum Gasteiger partial charge on any atom is -0.294 e. The van der Waals surface area contributed by atoms with Gasteiger partial charge in [0.15, 0.2) is 5.78 Å². The molecular weight excluding hydrogens is 236 g/mol. The van der Waals surface area contributed by atoms with Crippen LogP contribution in [-0.4, -0.2) is 5.78 Å². The summed E-state index contributed by atoms with van der Waals surface area (Å²) < 4.78 is 0. The molecule has 0 aliphatic heterocycles. The summed E-state index contributed by atoms with van der Waals surface area (Å²) in [6.45, 7) is 2.01. The summed E-state index contributed by atoms with van der Waals surface area (Å²) in [7, 11) is 0. The summed E-state index contributed by atoms with van der Waals surface area (Å²) in [5.74, 6) is 0.287. The van der Waals surface area contributed by atoms with Gasteiger partial charge in [-0.3, -0.25) is 4.79 Å². The monoisotopic (exact) mass is 250 g/mol. The molecule has 0 radical (unpaired) electrons. The Morgan fingerprint density at radius 3 is 2.75 bits per heavy atom. The Bertz CT molecular complexity index is 454. The molecule has 2 aromatic heterocycles. The molecule has 2 aromatic rings. The third kappa shape index (κ3) is 2.80. The van der Waals surface area contributed by atoms with Gasteiger partial charge >= 0.3 is 0 Å². The zero-order chi connectivity index (χ0) is 11.4. The van der Waals surface area contributed by atoms with Gasteiger partial charge in [0, 0.05) is 21.7 Å². The van der Waals surface area contributed by atoms with Crippen LogP contribution in [0.25, 0.3) is 0 Å². The average Bonchev–Trinajstić information content (AvgIpc) is 2.88. The first-order chi connectivity index (χ1) is 7.77. The van der Waals surface area contributed by atoms with Gasteiger partial charge < -0.3 is 0 Å². The van der Waals surface area contributed by atoms with Crippen LogP contribution in [0, 0.1) is 6.92 Å². The van der Waals surface area contributed by atoms with E-state index in [-0.39, 0.29) is 5.78 Å². The second kappa shape index (κ2) is 5.41. The third-order valence-corrected chi connectivity index (χ3v) is 4.35. The van der Waals surface area contributed by atoms with Crippen LogP contribution in [0.15, 0.2) is 29.0 Å². The van der Waals surface area contributed by atoms with Crippen molar-refractivity contribution in [1.29, 1.82) is 0 Å². The Kier molecular flexibility index (Phi) is 3.91. The first kappa shape index (κ1) is 11.6. The second-order valence-corrected chi connectivity index (χ2v) is 5.90. The number of thiophene rings is 2. The number of carbonyl (C=O) groups excluding carboxylic acids is 1. The smallest absolute Gasteiger partial charge is 0.163 e. The van der Waals surface area contributed by atoms with Crippen LogP contribution >= 0.6 is 22.7 Å². The fourth-order valence-electron chi connectivity index (χ4n) is 1.69. The molecule has 0 atom stereocenters. The van der Waals surface area contributed by atoms with Crippen LogP contribution in [0.3, 0.4) is 0 Å². The maximum Gasteiger partial charge on any atom is 0.163 e. The molecule has 0 bridgehead atoms. The third-order valence-electron chi connectivity index (χ3n) is 2.57. The summed E-state index contributed by atoms with van der Waals surface area (Å²) in [6, 6.07) is 6.13. The standard InChI is InChI=1S/C13H14OS2/c1-10-12(7-9-15-10)13(14)6-2-4-11-5-3-8-16-11/h3,5,7-9H,2,4,6H2,1H3. The molecule has 0 saturated carbocycles. The highest BCUT2D eigenvalue weighted by atomic mass is 32.1. The maximum atomic E-state index is 11.9. The van der Waals surface area contributed by atoms with E-state index in [9.17, 15) is 4.79 Å². The van der Waals surface area contributed by atoms with Crippen molar-refractivity contribution in [3.8, 4) is 0 Å². The largest absolute Gasteiger partial charge is 0.294 e. The van der Waals surface area contributed by atoms with Crippen molar-refractivity contribution in [1.82, 2.24) is 0 Å². The van der Waals surface area contributed by atoms with Gasteiger partial charge in [-0.25, -0.2) is 0 Å². The molecule has 0 aromatic carbocycles. The van der Waals surface area contributed by atoms with Gasteiger partial charge in [-0.15, -0.1) is 22.7 Å². The van der Waals surface area contributed by atoms with E-state index in [0.717, 1.165) is 23.3 Å². The molecule has 0 saturated heterocycles. The Morgan fingerprint density at radius 2 is 2.12 bits per heavy atom. The SMILES string of the molecule is Cc1sccc1C(=O)CCCc1cccs1. The van der Waals surface area contributed by atoms with Crippen molar-refractivity contribution in [2.45, 2.75) is 26.2 Å². The number of rotatable bonds is 5. The van der Waals surface area contributed by atoms with E-state index in [1.165, 1.54) is 4.88 Å². The van der Waals surface area contributed by atoms with Crippen molar-refractivity contribution in [2.75, 3.05) is 0 Å². The number of Topliss-reactive ketones (excluding diaryl/α,β-unsaturated/α-hetero) is 1. The molecule has 0 aliphatic rings. The number of hydrogen-bond donors (Lipinski definition) is 0. The number of ketones is 1. The van der Waals surface area contributed by atoms with Crippen LogP contribution < -0.4 is 0 Å². The van der Waals surface area contributed by atoms with Crippen molar-refractivity contribution in [3.05, 3.63) is 44.3 Å². The lowest BCUT2D eigenvalue weighted by atomic mass is 10.1. The minimum absolute atomic E-state index is 0.287. The quantitative estimate of drug-likeness (QED) is 0.722. The summed E-state index contributed by atoms with van der Waals surface area (Å²) >= 11 is 3.41. The molecule has 3 heteroatoms. The van der Waals surface area contributed by atoms with E-state index >= 15 is 0 Å². The predicted octanol–water partition coefficient (Wildman–Crippen LogP) is 4.32. The van der Waals surface area contributed by atoms with Crippen molar-refractivity contribution >= 4 is 28.5 Å². The predicted molar refractivity (Wildman–Crippen MR) is 70.6 cm³/mol. The van der Waals surface area contributed by atoms with E-state index in [4.69, 9.17) is 0 Å². The van der Waals surface area contributed by atoms with Gasteiger partial charge in [-0.05, 0) is 42.7 Å². The minimum atomic E-state index is 0.287. The van der Waals surface area contributed by atoms with Crippen molar-refractivity contribution in [3.63, 3.8) is 0 Å². The molecule has 0 fully saturated rings. The summed E-state index contributed by atoms with van der Waals surface area (Å²) in [5, 5.41) is 4.07. The van der Waals surface area contributed by atoms with Crippen LogP contribution in [-0.2, 0) is 6.42 Å². The van der Waals surface area contributed by atoms with Gasteiger partial charge in [-0.1, -0.05) is 6.07 Å². The van der Waals surface area contributed by atoms with Crippen LogP contribution in [0.1, 0.15) is 33.0 Å². The van der Waals surface area contributed by atoms with Gasteiger partial charge in [0.1, 0.15) is 0 Å². The highest BCUT2D eigenvalue weighted by Gasteiger charge is 2.09. The summed E-state index contributed by atoms with van der Waals surface area (Å²) in [6.07, 6.45) is 2.64. The first-order valence-electron chi connectivity index (χ1n) is 5.37. The molecule has 1 nitrogen and oxygen atoms in total. The second-order valence-electron chi connectivity index (χ2n) is 3.75. The molecule has 0 spiro atoms. The summed E-state index contributed by atoms with van der Waals surface area (Å²) in [4.78, 5) is 14.4. The molecular formula is C13H14OS2. The summed E-state index contributed by atoms with van der Waals surface area (Å²) in [5.41, 5.74) is 0.913. The lowest BCUT2D eigenvalue weighted by Gasteiger charge is -1.99. The first-order valence-corrected chi connectivity index (χ1v) is 7.13. The van der Waals surface area contributed by atoms with Crippen molar-refractivity contribution < 1.29 is 4.79 Å². The molecule has 0 aliphatic carbocycles. The fourth-order valence-corrected chi connectivity index (χ4v) is 3.16. The lowest BCUT2D eigenvalue weighted by molar-refractivity contribution is 0.0980. The molecule has 16 heavy (non-hydrogen) atoms. The number of aryl methyl sites for hydroxylation is 2. The Hall–Kier alpha value is -0.930. The van der Waals surface area contributed by atoms with E-state index in [1.807, 2.05) is 18.4 Å². The van der Waals surface area contributed by atoms with Crippen LogP contribution in [0.4, 0.5) is 0 Å². The topological polar surface area (TPSA) is 17.1 Å². The fraction of sp³-hybridized carbons (Fsp3) is 0.308. The highest BCUT2D eigenvalue weighted by molar-refractivity contribution is 7.10. The van der Waals surface area contributed by atoms with Crippen LogP contribution in [0.5, 0.6) is 0 Å². The van der Waals surface area contributed by atoms with E-state index < -0.39 is 0 Å². The van der Waals surface area contributed by atoms with E-state index in [1.54, 1.807) is 22.7 Å². The molecule has 0 amide bonds. The number of carbonyl (C=O) groups is 1. The maximum absolute atomic E-state index is 11.9. The molecule has 0 N–H and O–H groups in total. The molecule has 84 valence electrons. The van der Waals surface area contributed by atoms with E-state index in [0.29, 0.717) is 6.42 Å². The lowest BCUT2D eigenvalue weighted by Crippen LogP contribution is -1.99. The Morgan fingerprint density at radius 1 is 1.25 bits per heavy atom. The Labute approximate surface area is 104 Å². The van der Waals surface area contributed by atoms with E-state index in [2.05, 4.69) is 17.5 Å². The Balaban J connectivity index is 1.83. The van der Waals surface area contributed by atoms with Crippen LogP contribution in [0.2, 0.25) is 0 Å². The zero-order valence-electron chi connectivity index (χ0n) is 9.23. The molecule has 0 unspecified atom stereocenters. The molecule has 2 heterocycles. The highest BCUT2D eigenvalue weighted by Crippen LogP contribution is 2.18. The van der Waals surface area contributed by atoms with Gasteiger partial charge in [0.25, 0.3) is 0 Å². The number of hydrogen-bond acceptors (Lipinski definition) is 3. The van der Waals surface area contributed by atoms with Gasteiger partial charge in [0.05, 0.1) is 0 Å². The normalized spacial score (nSPS) is 10.6. The average molecular weight is 250 g/mol. The molecule has 2 rings (SSSR count). The van der Waals surface area contributed by atoms with Gasteiger partial charge in [0.2, 0.25) is 0 Å². The zero-order valence-corrected chi connectivity index (χ0v) is 10.9. The van der Waals surface area contributed by atoms with Crippen molar-refractivity contribution in [2.24, 2.45) is 0 Å².